The van der Waals surface area contributed by atoms with Crippen molar-refractivity contribution in [2.24, 2.45) is 0 Å². The van der Waals surface area contributed by atoms with Gasteiger partial charge in [0.1, 0.15) is 0 Å². The highest BCUT2D eigenvalue weighted by atomic mass is 15.5. The molecule has 0 aliphatic carbocycles. The third kappa shape index (κ3) is 3.90. The van der Waals surface area contributed by atoms with Gasteiger partial charge >= 0.3 is 0 Å². The van der Waals surface area contributed by atoms with E-state index in [9.17, 15) is 0 Å². The van der Waals surface area contributed by atoms with Gasteiger partial charge in [0.2, 0.25) is 0 Å². The minimum absolute atomic E-state index is 1.02. The van der Waals surface area contributed by atoms with Gasteiger partial charge in [-0.3, -0.25) is 5.43 Å². The molecule has 0 aliphatic heterocycles. The molecule has 0 saturated heterocycles. The van der Waals surface area contributed by atoms with Gasteiger partial charge in [-0.15, -0.1) is 0 Å². The van der Waals surface area contributed by atoms with Crippen LogP contribution in [-0.2, 0) is 6.42 Å². The molecule has 1 rings (SSSR count). The van der Waals surface area contributed by atoms with Crippen molar-refractivity contribution in [2.45, 2.75) is 20.3 Å². The quantitative estimate of drug-likeness (QED) is 0.694. The van der Waals surface area contributed by atoms with Crippen LogP contribution in [0.1, 0.15) is 19.4 Å². The molecule has 1 aromatic rings. The van der Waals surface area contributed by atoms with Crippen LogP contribution in [0, 0.1) is 0 Å². The molecule has 0 atom stereocenters. The second kappa shape index (κ2) is 6.57. The maximum Gasteiger partial charge on any atom is 0.0143 e. The van der Waals surface area contributed by atoms with Crippen molar-refractivity contribution in [3.63, 3.8) is 0 Å². The second-order valence-electron chi connectivity index (χ2n) is 3.32. The number of nitrogens with one attached hydrogen (secondary N) is 1. The standard InChI is InChI=1S/C12H20N2/c1-3-14(4-2)13-11-10-12-8-6-5-7-9-12/h5-9,13H,3-4,10-11H2,1-2H3. The lowest BCUT2D eigenvalue weighted by atomic mass is 10.2. The Morgan fingerprint density at radius 2 is 1.71 bits per heavy atom. The van der Waals surface area contributed by atoms with Crippen molar-refractivity contribution in [1.29, 1.82) is 0 Å². The fraction of sp³-hybridized carbons (Fsp3) is 0.500. The lowest BCUT2D eigenvalue weighted by Crippen LogP contribution is -2.38. The molecule has 0 saturated carbocycles. The number of hydrogen-bond donors (Lipinski definition) is 1. The zero-order chi connectivity index (χ0) is 10.2. The summed E-state index contributed by atoms with van der Waals surface area (Å²) in [6.45, 7) is 7.47. The van der Waals surface area contributed by atoms with Gasteiger partial charge in [0, 0.05) is 19.6 Å². The van der Waals surface area contributed by atoms with E-state index in [0.717, 1.165) is 26.1 Å². The van der Waals surface area contributed by atoms with Gasteiger partial charge in [-0.2, -0.15) is 0 Å². The number of rotatable bonds is 6. The van der Waals surface area contributed by atoms with Crippen LogP contribution in [0.3, 0.4) is 0 Å². The normalized spacial score (nSPS) is 10.8. The average molecular weight is 192 g/mol. The SMILES string of the molecule is CCN(CC)NCCc1ccccc1. The number of nitrogens with zero attached hydrogens (tertiary/aromatic N) is 1. The van der Waals surface area contributed by atoms with E-state index in [1.165, 1.54) is 5.56 Å². The Morgan fingerprint density at radius 3 is 2.29 bits per heavy atom. The van der Waals surface area contributed by atoms with Gasteiger partial charge in [0.05, 0.1) is 0 Å². The average Bonchev–Trinajstić information content (AvgIpc) is 2.26. The molecular weight excluding hydrogens is 172 g/mol. The van der Waals surface area contributed by atoms with Crippen molar-refractivity contribution in [1.82, 2.24) is 10.4 Å². The van der Waals surface area contributed by atoms with Crippen LogP contribution in [0.4, 0.5) is 0 Å². The fourth-order valence-electron chi connectivity index (χ4n) is 1.45. The van der Waals surface area contributed by atoms with E-state index >= 15 is 0 Å². The molecule has 0 spiro atoms. The van der Waals surface area contributed by atoms with E-state index in [-0.39, 0.29) is 0 Å². The molecule has 0 unspecified atom stereocenters. The summed E-state index contributed by atoms with van der Waals surface area (Å²) in [5, 5.41) is 2.23. The van der Waals surface area contributed by atoms with E-state index in [0.29, 0.717) is 0 Å². The Morgan fingerprint density at radius 1 is 1.07 bits per heavy atom. The van der Waals surface area contributed by atoms with Crippen molar-refractivity contribution < 1.29 is 0 Å². The topological polar surface area (TPSA) is 15.3 Å². The molecule has 1 N–H and O–H groups in total. The molecule has 0 heterocycles. The van der Waals surface area contributed by atoms with Crippen molar-refractivity contribution in [3.05, 3.63) is 35.9 Å². The predicted molar refractivity (Wildman–Crippen MR) is 61.1 cm³/mol. The van der Waals surface area contributed by atoms with Crippen LogP contribution in [0.15, 0.2) is 30.3 Å². The van der Waals surface area contributed by atoms with E-state index in [4.69, 9.17) is 0 Å². The first kappa shape index (κ1) is 11.2. The monoisotopic (exact) mass is 192 g/mol. The zero-order valence-corrected chi connectivity index (χ0v) is 9.16. The van der Waals surface area contributed by atoms with Crippen LogP contribution in [0.2, 0.25) is 0 Å². The van der Waals surface area contributed by atoms with Gasteiger partial charge in [-0.05, 0) is 12.0 Å². The third-order valence-corrected chi connectivity index (χ3v) is 2.36. The molecule has 1 aromatic carbocycles. The summed E-state index contributed by atoms with van der Waals surface area (Å²) in [6, 6.07) is 10.6. The van der Waals surface area contributed by atoms with Crippen LogP contribution >= 0.6 is 0 Å². The van der Waals surface area contributed by atoms with Crippen molar-refractivity contribution in [3.8, 4) is 0 Å². The molecule has 0 aliphatic rings. The molecule has 2 heteroatoms. The summed E-state index contributed by atoms with van der Waals surface area (Å²) in [7, 11) is 0. The van der Waals surface area contributed by atoms with E-state index in [2.05, 4.69) is 54.6 Å². The van der Waals surface area contributed by atoms with Gasteiger partial charge in [0.25, 0.3) is 0 Å². The number of hydrogen-bond acceptors (Lipinski definition) is 2. The lowest BCUT2D eigenvalue weighted by molar-refractivity contribution is 0.210. The largest absolute Gasteiger partial charge is 0.255 e. The van der Waals surface area contributed by atoms with Crippen LogP contribution in [0.5, 0.6) is 0 Å². The van der Waals surface area contributed by atoms with Crippen LogP contribution in [0.25, 0.3) is 0 Å². The van der Waals surface area contributed by atoms with Gasteiger partial charge in [-0.1, -0.05) is 44.2 Å². The highest BCUT2D eigenvalue weighted by Gasteiger charge is 1.96. The van der Waals surface area contributed by atoms with Gasteiger partial charge in [0.15, 0.2) is 0 Å². The Kier molecular flexibility index (Phi) is 5.27. The van der Waals surface area contributed by atoms with E-state index in [1.54, 1.807) is 0 Å². The Balaban J connectivity index is 2.21. The smallest absolute Gasteiger partial charge is 0.0143 e. The summed E-state index contributed by atoms with van der Waals surface area (Å²) in [5.41, 5.74) is 4.80. The summed E-state index contributed by atoms with van der Waals surface area (Å²) in [4.78, 5) is 0. The highest BCUT2D eigenvalue weighted by Crippen LogP contribution is 1.98. The minimum atomic E-state index is 1.02. The summed E-state index contributed by atoms with van der Waals surface area (Å²) in [6.07, 6.45) is 1.09. The molecule has 78 valence electrons. The fourth-order valence-corrected chi connectivity index (χ4v) is 1.45. The van der Waals surface area contributed by atoms with Crippen molar-refractivity contribution in [2.75, 3.05) is 19.6 Å². The first-order valence-electron chi connectivity index (χ1n) is 5.39. The van der Waals surface area contributed by atoms with Crippen molar-refractivity contribution >= 4 is 0 Å². The molecule has 0 fully saturated rings. The molecule has 2 nitrogen and oxygen atoms in total. The Bertz CT molecular complexity index is 229. The highest BCUT2D eigenvalue weighted by molar-refractivity contribution is 5.14. The lowest BCUT2D eigenvalue weighted by Gasteiger charge is -2.19. The summed E-state index contributed by atoms with van der Waals surface area (Å²) in [5.74, 6) is 0. The van der Waals surface area contributed by atoms with Crippen LogP contribution in [-0.4, -0.2) is 24.6 Å². The molecule has 0 radical (unpaired) electrons. The minimum Gasteiger partial charge on any atom is -0.255 e. The molecular formula is C12H20N2. The predicted octanol–water partition coefficient (Wildman–Crippen LogP) is 2.08. The molecule has 0 amide bonds. The molecule has 0 bridgehead atoms. The Hall–Kier alpha value is -0.860. The maximum atomic E-state index is 3.40. The van der Waals surface area contributed by atoms with Gasteiger partial charge in [-0.25, -0.2) is 5.01 Å². The summed E-state index contributed by atoms with van der Waals surface area (Å²) >= 11 is 0. The molecule has 14 heavy (non-hydrogen) atoms. The van der Waals surface area contributed by atoms with Crippen LogP contribution < -0.4 is 5.43 Å². The summed E-state index contributed by atoms with van der Waals surface area (Å²) < 4.78 is 0. The van der Waals surface area contributed by atoms with E-state index in [1.807, 2.05) is 0 Å². The van der Waals surface area contributed by atoms with Gasteiger partial charge < -0.3 is 0 Å². The third-order valence-electron chi connectivity index (χ3n) is 2.36. The molecule has 0 aromatic heterocycles. The zero-order valence-electron chi connectivity index (χ0n) is 9.16. The first-order valence-corrected chi connectivity index (χ1v) is 5.39. The van der Waals surface area contributed by atoms with E-state index < -0.39 is 0 Å². The Labute approximate surface area is 86.9 Å². The second-order valence-corrected chi connectivity index (χ2v) is 3.32. The number of benzene rings is 1. The number of hydrazine groups is 1. The maximum absolute atomic E-state index is 3.40. The first-order chi connectivity index (χ1) is 6.86.